The zero-order valence-corrected chi connectivity index (χ0v) is 19.6. The molecule has 0 radical (unpaired) electrons. The molecule has 0 aliphatic carbocycles. The largest absolute Gasteiger partial charge is 0.497 e. The molecule has 3 aromatic carbocycles. The fourth-order valence-corrected chi connectivity index (χ4v) is 4.01. The maximum Gasteiger partial charge on any atom is 0.264 e. The molecule has 0 aromatic heterocycles. The zero-order chi connectivity index (χ0) is 23.2. The van der Waals surface area contributed by atoms with E-state index in [0.29, 0.717) is 33.2 Å². The van der Waals surface area contributed by atoms with Gasteiger partial charge in [0.2, 0.25) is 0 Å². The molecule has 0 unspecified atom stereocenters. The fourth-order valence-electron chi connectivity index (χ4n) is 3.04. The number of aliphatic imine (C=N–C) groups is 1. The lowest BCUT2D eigenvalue weighted by molar-refractivity contribution is -0.115. The molecule has 1 saturated heterocycles. The number of methoxy groups -OCH3 is 2. The van der Waals surface area contributed by atoms with Crippen LogP contribution in [-0.4, -0.2) is 25.3 Å². The quantitative estimate of drug-likeness (QED) is 0.431. The van der Waals surface area contributed by atoms with Crippen molar-refractivity contribution >= 4 is 46.2 Å². The second kappa shape index (κ2) is 10.5. The SMILES string of the molecule is COc1ccc(N=C2NC(=O)C(=Cc3ccc(OCc4ccc(Cl)cc4)c(OC)c3)S2)cc1. The van der Waals surface area contributed by atoms with Crippen molar-refractivity contribution in [2.24, 2.45) is 4.99 Å². The molecule has 0 bridgehead atoms. The molecule has 8 heteroatoms. The van der Waals surface area contributed by atoms with E-state index >= 15 is 0 Å². The molecule has 3 aromatic rings. The number of nitrogens with zero attached hydrogens (tertiary/aromatic N) is 1. The molecule has 0 spiro atoms. The van der Waals surface area contributed by atoms with Gasteiger partial charge in [-0.25, -0.2) is 4.99 Å². The van der Waals surface area contributed by atoms with Crippen LogP contribution in [0.2, 0.25) is 5.02 Å². The Kier molecular flexibility index (Phi) is 7.22. The van der Waals surface area contributed by atoms with Gasteiger partial charge in [-0.05, 0) is 77.5 Å². The average molecular weight is 481 g/mol. The molecule has 0 saturated carbocycles. The highest BCUT2D eigenvalue weighted by Gasteiger charge is 2.24. The Morgan fingerprint density at radius 3 is 2.42 bits per heavy atom. The van der Waals surface area contributed by atoms with Crippen molar-refractivity contribution in [3.8, 4) is 17.2 Å². The summed E-state index contributed by atoms with van der Waals surface area (Å²) >= 11 is 7.21. The third-order valence-electron chi connectivity index (χ3n) is 4.75. The summed E-state index contributed by atoms with van der Waals surface area (Å²) in [5.74, 6) is 1.74. The van der Waals surface area contributed by atoms with E-state index in [2.05, 4.69) is 10.3 Å². The first-order valence-corrected chi connectivity index (χ1v) is 11.2. The molecular formula is C25H21ClN2O4S. The summed E-state index contributed by atoms with van der Waals surface area (Å²) in [7, 11) is 3.19. The molecule has 1 N–H and O–H groups in total. The number of carbonyl (C=O) groups is 1. The van der Waals surface area contributed by atoms with Crippen molar-refractivity contribution < 1.29 is 19.0 Å². The van der Waals surface area contributed by atoms with Crippen LogP contribution < -0.4 is 19.5 Å². The van der Waals surface area contributed by atoms with Crippen LogP contribution in [0.15, 0.2) is 76.6 Å². The number of amides is 1. The molecule has 1 amide bonds. The van der Waals surface area contributed by atoms with Gasteiger partial charge in [0.05, 0.1) is 24.8 Å². The summed E-state index contributed by atoms with van der Waals surface area (Å²) in [5.41, 5.74) is 2.54. The van der Waals surface area contributed by atoms with Gasteiger partial charge in [0.15, 0.2) is 16.7 Å². The summed E-state index contributed by atoms with van der Waals surface area (Å²) in [6, 6.07) is 20.3. The van der Waals surface area contributed by atoms with E-state index < -0.39 is 0 Å². The van der Waals surface area contributed by atoms with Gasteiger partial charge < -0.3 is 19.5 Å². The highest BCUT2D eigenvalue weighted by molar-refractivity contribution is 8.18. The maximum absolute atomic E-state index is 12.4. The fraction of sp³-hybridized carbons (Fsp3) is 0.120. The van der Waals surface area contributed by atoms with Crippen molar-refractivity contribution in [3.05, 3.63) is 87.8 Å². The summed E-state index contributed by atoms with van der Waals surface area (Å²) in [6.07, 6.45) is 1.79. The number of hydrogen-bond acceptors (Lipinski definition) is 6. The van der Waals surface area contributed by atoms with Crippen molar-refractivity contribution in [3.63, 3.8) is 0 Å². The average Bonchev–Trinajstić information content (AvgIpc) is 3.17. The van der Waals surface area contributed by atoms with Gasteiger partial charge in [0, 0.05) is 5.02 Å². The zero-order valence-electron chi connectivity index (χ0n) is 18.0. The third kappa shape index (κ3) is 5.88. The Labute approximate surface area is 201 Å². The number of halogens is 1. The molecule has 6 nitrogen and oxygen atoms in total. The topological polar surface area (TPSA) is 69.2 Å². The van der Waals surface area contributed by atoms with Crippen LogP contribution in [0.1, 0.15) is 11.1 Å². The molecule has 33 heavy (non-hydrogen) atoms. The van der Waals surface area contributed by atoms with E-state index in [0.717, 1.165) is 22.6 Å². The van der Waals surface area contributed by atoms with Gasteiger partial charge in [-0.1, -0.05) is 29.8 Å². The Morgan fingerprint density at radius 1 is 0.970 bits per heavy atom. The minimum Gasteiger partial charge on any atom is -0.497 e. The van der Waals surface area contributed by atoms with Gasteiger partial charge in [0.25, 0.3) is 5.91 Å². The monoisotopic (exact) mass is 480 g/mol. The van der Waals surface area contributed by atoms with Crippen LogP contribution in [0.4, 0.5) is 5.69 Å². The molecule has 1 aliphatic heterocycles. The van der Waals surface area contributed by atoms with Crippen LogP contribution in [0.25, 0.3) is 6.08 Å². The number of thioether (sulfide) groups is 1. The number of amidine groups is 1. The first-order valence-electron chi connectivity index (χ1n) is 10.0. The Hall–Kier alpha value is -3.42. The first-order chi connectivity index (χ1) is 16.0. The third-order valence-corrected chi connectivity index (χ3v) is 5.91. The first kappa shape index (κ1) is 22.8. The molecule has 4 rings (SSSR count). The predicted molar refractivity (Wildman–Crippen MR) is 133 cm³/mol. The number of hydrogen-bond donors (Lipinski definition) is 1. The number of benzene rings is 3. The minimum absolute atomic E-state index is 0.200. The number of ether oxygens (including phenoxy) is 3. The van der Waals surface area contributed by atoms with Gasteiger partial charge in [0.1, 0.15) is 12.4 Å². The van der Waals surface area contributed by atoms with Crippen LogP contribution in [0.5, 0.6) is 17.2 Å². The molecule has 0 atom stereocenters. The summed E-state index contributed by atoms with van der Waals surface area (Å²) in [6.45, 7) is 0.386. The Balaban J connectivity index is 1.46. The molecule has 1 heterocycles. The molecular weight excluding hydrogens is 460 g/mol. The lowest BCUT2D eigenvalue weighted by Gasteiger charge is -2.11. The van der Waals surface area contributed by atoms with Crippen molar-refractivity contribution in [1.29, 1.82) is 0 Å². The van der Waals surface area contributed by atoms with Gasteiger partial charge in [-0.2, -0.15) is 0 Å². The van der Waals surface area contributed by atoms with E-state index in [4.69, 9.17) is 25.8 Å². The number of carbonyl (C=O) groups excluding carboxylic acids is 1. The van der Waals surface area contributed by atoms with Gasteiger partial charge in [-0.15, -0.1) is 0 Å². The van der Waals surface area contributed by atoms with Crippen LogP contribution in [0.3, 0.4) is 0 Å². The van der Waals surface area contributed by atoms with Gasteiger partial charge in [-0.3, -0.25) is 4.79 Å². The lowest BCUT2D eigenvalue weighted by Crippen LogP contribution is -2.19. The lowest BCUT2D eigenvalue weighted by atomic mass is 10.2. The normalized spacial score (nSPS) is 15.5. The van der Waals surface area contributed by atoms with E-state index in [1.165, 1.54) is 11.8 Å². The predicted octanol–water partition coefficient (Wildman–Crippen LogP) is 5.83. The second-order valence-electron chi connectivity index (χ2n) is 7.01. The standard InChI is InChI=1S/C25H21ClN2O4S/c1-30-20-10-8-19(9-11-20)27-25-28-24(29)23(33-25)14-17-5-12-21(22(13-17)31-2)32-15-16-3-6-18(26)7-4-16/h3-14H,15H2,1-2H3,(H,27,28,29). The minimum atomic E-state index is -0.200. The molecule has 168 valence electrons. The van der Waals surface area contributed by atoms with Crippen molar-refractivity contribution in [1.82, 2.24) is 5.32 Å². The summed E-state index contributed by atoms with van der Waals surface area (Å²) in [4.78, 5) is 17.4. The van der Waals surface area contributed by atoms with Gasteiger partial charge >= 0.3 is 0 Å². The maximum atomic E-state index is 12.4. The molecule has 1 fully saturated rings. The van der Waals surface area contributed by atoms with E-state index in [1.54, 1.807) is 20.3 Å². The van der Waals surface area contributed by atoms with Crippen LogP contribution in [0, 0.1) is 0 Å². The number of nitrogens with one attached hydrogen (secondary N) is 1. The van der Waals surface area contributed by atoms with Crippen LogP contribution in [-0.2, 0) is 11.4 Å². The highest BCUT2D eigenvalue weighted by atomic mass is 35.5. The van der Waals surface area contributed by atoms with Crippen molar-refractivity contribution in [2.75, 3.05) is 14.2 Å². The second-order valence-corrected chi connectivity index (χ2v) is 8.47. The van der Waals surface area contributed by atoms with E-state index in [-0.39, 0.29) is 5.91 Å². The highest BCUT2D eigenvalue weighted by Crippen LogP contribution is 2.33. The Bertz CT molecular complexity index is 1210. The Morgan fingerprint density at radius 2 is 1.73 bits per heavy atom. The summed E-state index contributed by atoms with van der Waals surface area (Å²) < 4.78 is 16.5. The van der Waals surface area contributed by atoms with E-state index in [1.807, 2.05) is 66.7 Å². The van der Waals surface area contributed by atoms with E-state index in [9.17, 15) is 4.79 Å². The molecule has 1 aliphatic rings. The van der Waals surface area contributed by atoms with Crippen molar-refractivity contribution in [2.45, 2.75) is 6.61 Å². The van der Waals surface area contributed by atoms with Crippen LogP contribution >= 0.6 is 23.4 Å². The smallest absolute Gasteiger partial charge is 0.264 e. The number of rotatable bonds is 7. The summed E-state index contributed by atoms with van der Waals surface area (Å²) in [5, 5.41) is 3.99.